The van der Waals surface area contributed by atoms with Crippen LogP contribution in [0.2, 0.25) is 0 Å². The van der Waals surface area contributed by atoms with Gasteiger partial charge in [-0.2, -0.15) is 0 Å². The Kier molecular flexibility index (Phi) is 5.15. The van der Waals surface area contributed by atoms with E-state index in [-0.39, 0.29) is 18.4 Å². The van der Waals surface area contributed by atoms with Crippen LogP contribution in [-0.4, -0.2) is 23.0 Å². The molecule has 4 N–H and O–H groups in total. The lowest BCUT2D eigenvalue weighted by Gasteiger charge is -2.15. The van der Waals surface area contributed by atoms with Crippen molar-refractivity contribution in [2.75, 3.05) is 5.73 Å². The van der Waals surface area contributed by atoms with Gasteiger partial charge < -0.3 is 16.2 Å². The largest absolute Gasteiger partial charge is 0.481 e. The number of nitrogen functional groups attached to an aromatic ring is 1. The summed E-state index contributed by atoms with van der Waals surface area (Å²) >= 11 is 3.24. The van der Waals surface area contributed by atoms with Crippen LogP contribution in [0.4, 0.5) is 5.69 Å². The van der Waals surface area contributed by atoms with E-state index in [1.165, 1.54) is 0 Å². The minimum atomic E-state index is -0.930. The highest BCUT2D eigenvalue weighted by Crippen LogP contribution is 2.20. The number of carboxylic acids is 1. The Labute approximate surface area is 113 Å². The first-order chi connectivity index (χ1) is 8.43. The van der Waals surface area contributed by atoms with Gasteiger partial charge in [0.25, 0.3) is 5.91 Å². The van der Waals surface area contributed by atoms with Gasteiger partial charge in [-0.25, -0.2) is 0 Å². The lowest BCUT2D eigenvalue weighted by atomic mass is 10.1. The number of hydrogen-bond donors (Lipinski definition) is 3. The lowest BCUT2D eigenvalue weighted by molar-refractivity contribution is -0.137. The fraction of sp³-hybridized carbons (Fsp3) is 0.333. The third-order valence-electron chi connectivity index (χ3n) is 2.51. The quantitative estimate of drug-likeness (QED) is 0.725. The summed E-state index contributed by atoms with van der Waals surface area (Å²) in [6.07, 6.45) is 0.479. The van der Waals surface area contributed by atoms with E-state index in [1.54, 1.807) is 18.2 Å². The molecule has 0 saturated heterocycles. The summed E-state index contributed by atoms with van der Waals surface area (Å²) < 4.78 is 0.640. The van der Waals surface area contributed by atoms with Crippen LogP contribution in [0, 0.1) is 0 Å². The zero-order valence-electron chi connectivity index (χ0n) is 9.94. The number of aliphatic carboxylic acids is 1. The molecule has 5 nitrogen and oxygen atoms in total. The van der Waals surface area contributed by atoms with Crippen molar-refractivity contribution in [3.8, 4) is 0 Å². The van der Waals surface area contributed by atoms with E-state index in [1.807, 2.05) is 6.92 Å². The van der Waals surface area contributed by atoms with Gasteiger partial charge in [0.05, 0.1) is 6.42 Å². The van der Waals surface area contributed by atoms with Gasteiger partial charge in [0.15, 0.2) is 0 Å². The molecular weight excluding hydrogens is 300 g/mol. The molecule has 0 fully saturated rings. The number of benzene rings is 1. The Balaban J connectivity index is 2.74. The highest BCUT2D eigenvalue weighted by molar-refractivity contribution is 9.10. The molecule has 0 heterocycles. The minimum Gasteiger partial charge on any atom is -0.481 e. The Morgan fingerprint density at radius 1 is 1.50 bits per heavy atom. The molecule has 1 aromatic carbocycles. The van der Waals surface area contributed by atoms with Gasteiger partial charge in [0, 0.05) is 21.8 Å². The van der Waals surface area contributed by atoms with Gasteiger partial charge in [-0.15, -0.1) is 0 Å². The topological polar surface area (TPSA) is 92.4 Å². The van der Waals surface area contributed by atoms with Crippen molar-refractivity contribution in [1.82, 2.24) is 5.32 Å². The van der Waals surface area contributed by atoms with Gasteiger partial charge in [0.2, 0.25) is 0 Å². The van der Waals surface area contributed by atoms with Crippen molar-refractivity contribution in [2.45, 2.75) is 25.8 Å². The summed E-state index contributed by atoms with van der Waals surface area (Å²) in [6.45, 7) is 1.83. The summed E-state index contributed by atoms with van der Waals surface area (Å²) in [4.78, 5) is 22.5. The maximum absolute atomic E-state index is 11.9. The van der Waals surface area contributed by atoms with Crippen LogP contribution in [0.1, 0.15) is 30.1 Å². The fourth-order valence-electron chi connectivity index (χ4n) is 1.45. The molecule has 98 valence electrons. The average Bonchev–Trinajstić information content (AvgIpc) is 2.31. The maximum atomic E-state index is 11.9. The molecule has 0 radical (unpaired) electrons. The summed E-state index contributed by atoms with van der Waals surface area (Å²) in [6, 6.07) is 4.46. The van der Waals surface area contributed by atoms with Crippen molar-refractivity contribution in [3.05, 3.63) is 28.2 Å². The highest BCUT2D eigenvalue weighted by Gasteiger charge is 2.15. The molecule has 1 unspecified atom stereocenters. The van der Waals surface area contributed by atoms with Crippen LogP contribution in [-0.2, 0) is 4.79 Å². The molecule has 1 atom stereocenters. The molecule has 0 aliphatic carbocycles. The Morgan fingerprint density at radius 2 is 2.17 bits per heavy atom. The van der Waals surface area contributed by atoms with Gasteiger partial charge in [-0.3, -0.25) is 9.59 Å². The molecule has 6 heteroatoms. The molecule has 0 saturated carbocycles. The number of carboxylic acid groups (broad SMARTS) is 1. The number of nitrogens with one attached hydrogen (secondary N) is 1. The van der Waals surface area contributed by atoms with Crippen molar-refractivity contribution in [2.24, 2.45) is 0 Å². The minimum absolute atomic E-state index is 0.0849. The molecular formula is C12H15BrN2O3. The van der Waals surface area contributed by atoms with Gasteiger partial charge >= 0.3 is 5.97 Å². The molecule has 0 spiro atoms. The molecule has 18 heavy (non-hydrogen) atoms. The second-order valence-corrected chi connectivity index (χ2v) is 4.77. The van der Waals surface area contributed by atoms with E-state index in [0.717, 1.165) is 0 Å². The van der Waals surface area contributed by atoms with E-state index < -0.39 is 5.97 Å². The zero-order valence-corrected chi connectivity index (χ0v) is 11.5. The van der Waals surface area contributed by atoms with E-state index in [0.29, 0.717) is 22.1 Å². The van der Waals surface area contributed by atoms with Gasteiger partial charge in [-0.1, -0.05) is 6.92 Å². The third kappa shape index (κ3) is 4.03. The van der Waals surface area contributed by atoms with Crippen LogP contribution in [0.25, 0.3) is 0 Å². The highest BCUT2D eigenvalue weighted by atomic mass is 79.9. The van der Waals surface area contributed by atoms with Crippen LogP contribution >= 0.6 is 15.9 Å². The standard InChI is InChI=1S/C12H15BrN2O3/c1-2-8(6-11(16)17)15-12(18)7-3-4-10(14)9(13)5-7/h3-5,8H,2,6,14H2,1H3,(H,15,18)(H,16,17). The third-order valence-corrected chi connectivity index (χ3v) is 3.20. The Bertz CT molecular complexity index is 463. The molecule has 0 aliphatic rings. The number of rotatable bonds is 5. The smallest absolute Gasteiger partial charge is 0.305 e. The number of carbonyl (C=O) groups is 2. The van der Waals surface area contributed by atoms with Crippen molar-refractivity contribution < 1.29 is 14.7 Å². The predicted molar refractivity (Wildman–Crippen MR) is 72.4 cm³/mol. The molecule has 1 amide bonds. The number of anilines is 1. The predicted octanol–water partition coefficient (Wildman–Crippen LogP) is 2.01. The summed E-state index contributed by atoms with van der Waals surface area (Å²) in [5.74, 6) is -1.23. The van der Waals surface area contributed by atoms with Gasteiger partial charge in [-0.05, 0) is 40.5 Å². The SMILES string of the molecule is CCC(CC(=O)O)NC(=O)c1ccc(N)c(Br)c1. The lowest BCUT2D eigenvalue weighted by Crippen LogP contribution is -2.36. The fourth-order valence-corrected chi connectivity index (χ4v) is 1.82. The maximum Gasteiger partial charge on any atom is 0.305 e. The zero-order chi connectivity index (χ0) is 13.7. The first kappa shape index (κ1) is 14.5. The van der Waals surface area contributed by atoms with Crippen LogP contribution in [0.3, 0.4) is 0 Å². The number of amides is 1. The van der Waals surface area contributed by atoms with E-state index in [4.69, 9.17) is 10.8 Å². The average molecular weight is 315 g/mol. The van der Waals surface area contributed by atoms with E-state index in [9.17, 15) is 9.59 Å². The Morgan fingerprint density at radius 3 is 2.67 bits per heavy atom. The number of hydrogen-bond acceptors (Lipinski definition) is 3. The molecule has 1 rings (SSSR count). The first-order valence-corrected chi connectivity index (χ1v) is 6.31. The number of halogens is 1. The van der Waals surface area contributed by atoms with Gasteiger partial charge in [0.1, 0.15) is 0 Å². The van der Waals surface area contributed by atoms with Crippen molar-refractivity contribution in [1.29, 1.82) is 0 Å². The van der Waals surface area contributed by atoms with Crippen LogP contribution < -0.4 is 11.1 Å². The Hall–Kier alpha value is -1.56. The second-order valence-electron chi connectivity index (χ2n) is 3.91. The monoisotopic (exact) mass is 314 g/mol. The first-order valence-electron chi connectivity index (χ1n) is 5.51. The van der Waals surface area contributed by atoms with E-state index >= 15 is 0 Å². The summed E-state index contributed by atoms with van der Waals surface area (Å²) in [7, 11) is 0. The van der Waals surface area contributed by atoms with Crippen LogP contribution in [0.5, 0.6) is 0 Å². The van der Waals surface area contributed by atoms with Crippen molar-refractivity contribution in [3.63, 3.8) is 0 Å². The normalized spacial score (nSPS) is 11.9. The number of nitrogens with two attached hydrogens (primary N) is 1. The molecule has 0 bridgehead atoms. The number of carbonyl (C=O) groups excluding carboxylic acids is 1. The summed E-state index contributed by atoms with van der Waals surface area (Å²) in [5.41, 5.74) is 6.62. The molecule has 0 aromatic heterocycles. The van der Waals surface area contributed by atoms with Crippen LogP contribution in [0.15, 0.2) is 22.7 Å². The summed E-state index contributed by atoms with van der Waals surface area (Å²) in [5, 5.41) is 11.4. The second kappa shape index (κ2) is 6.39. The van der Waals surface area contributed by atoms with E-state index in [2.05, 4.69) is 21.2 Å². The molecule has 1 aromatic rings. The van der Waals surface area contributed by atoms with Crippen molar-refractivity contribution >= 4 is 33.5 Å². The molecule has 0 aliphatic heterocycles.